The van der Waals surface area contributed by atoms with Crippen molar-refractivity contribution in [2.45, 2.75) is 26.2 Å². The molecule has 0 radical (unpaired) electrons. The number of nitrogens with zero attached hydrogens (tertiary/aromatic N) is 2. The third-order valence-corrected chi connectivity index (χ3v) is 3.64. The van der Waals surface area contributed by atoms with E-state index in [4.69, 9.17) is 14.9 Å². The average molecular weight is 345 g/mol. The van der Waals surface area contributed by atoms with Crippen LogP contribution in [0.3, 0.4) is 0 Å². The van der Waals surface area contributed by atoms with Gasteiger partial charge in [0, 0.05) is 30.8 Å². The van der Waals surface area contributed by atoms with Gasteiger partial charge in [0.1, 0.15) is 0 Å². The van der Waals surface area contributed by atoms with Gasteiger partial charge in [-0.1, -0.05) is 30.3 Å². The smallest absolute Gasteiger partial charge is 0.341 e. The van der Waals surface area contributed by atoms with Crippen LogP contribution in [-0.4, -0.2) is 45.9 Å². The second-order valence-corrected chi connectivity index (χ2v) is 5.59. The number of hydrogen-bond donors (Lipinski definition) is 3. The molecular weight excluding hydrogens is 322 g/mol. The Kier molecular flexibility index (Phi) is 7.16. The monoisotopic (exact) mass is 345 g/mol. The fraction of sp³-hybridized carbons (Fsp3) is 0.389. The molecule has 2 aromatic rings. The molecule has 2 rings (SSSR count). The zero-order valence-corrected chi connectivity index (χ0v) is 14.2. The number of aliphatic hydroxyl groups excluding tert-OH is 1. The second kappa shape index (κ2) is 9.58. The number of anilines is 1. The predicted molar refractivity (Wildman–Crippen MR) is 93.9 cm³/mol. The summed E-state index contributed by atoms with van der Waals surface area (Å²) in [5.41, 5.74) is 2.55. The highest BCUT2D eigenvalue weighted by molar-refractivity contribution is 5.68. The maximum Gasteiger partial charge on any atom is 0.341 e. The Balaban J connectivity index is 1.98. The number of carbonyl (C=O) groups is 1. The lowest BCUT2D eigenvalue weighted by Crippen LogP contribution is -2.15. The lowest BCUT2D eigenvalue weighted by atomic mass is 10.1. The lowest BCUT2D eigenvalue weighted by molar-refractivity contribution is -0.139. The number of carboxylic acid groups (broad SMARTS) is 1. The van der Waals surface area contributed by atoms with E-state index in [1.807, 2.05) is 18.2 Å². The molecule has 1 heterocycles. The summed E-state index contributed by atoms with van der Waals surface area (Å²) in [6.45, 7) is 1.90. The molecule has 0 amide bonds. The topological polar surface area (TPSA) is 105 Å². The Morgan fingerprint density at radius 2 is 1.96 bits per heavy atom. The summed E-state index contributed by atoms with van der Waals surface area (Å²) in [4.78, 5) is 19.3. The molecule has 7 heteroatoms. The van der Waals surface area contributed by atoms with Crippen molar-refractivity contribution in [3.8, 4) is 5.88 Å². The van der Waals surface area contributed by atoms with Crippen molar-refractivity contribution in [2.75, 3.05) is 25.1 Å². The lowest BCUT2D eigenvalue weighted by Gasteiger charge is -2.13. The normalized spacial score (nSPS) is 10.5. The van der Waals surface area contributed by atoms with Crippen molar-refractivity contribution >= 4 is 11.9 Å². The van der Waals surface area contributed by atoms with Crippen molar-refractivity contribution in [1.82, 2.24) is 9.97 Å². The van der Waals surface area contributed by atoms with E-state index in [2.05, 4.69) is 27.4 Å². The maximum absolute atomic E-state index is 10.7. The van der Waals surface area contributed by atoms with E-state index in [-0.39, 0.29) is 12.5 Å². The van der Waals surface area contributed by atoms with E-state index >= 15 is 0 Å². The van der Waals surface area contributed by atoms with Gasteiger partial charge in [-0.2, -0.15) is 4.98 Å². The third-order valence-electron chi connectivity index (χ3n) is 3.64. The molecule has 0 fully saturated rings. The van der Waals surface area contributed by atoms with Crippen molar-refractivity contribution < 1.29 is 19.7 Å². The van der Waals surface area contributed by atoms with E-state index in [1.165, 1.54) is 5.56 Å². The van der Waals surface area contributed by atoms with Gasteiger partial charge in [0.15, 0.2) is 6.61 Å². The number of nitrogens with one attached hydrogen (secondary N) is 1. The van der Waals surface area contributed by atoms with Gasteiger partial charge in [0.2, 0.25) is 11.8 Å². The van der Waals surface area contributed by atoms with E-state index in [0.29, 0.717) is 30.2 Å². The minimum atomic E-state index is -1.08. The molecule has 0 saturated carbocycles. The number of benzene rings is 1. The highest BCUT2D eigenvalue weighted by Gasteiger charge is 2.14. The molecule has 0 saturated heterocycles. The van der Waals surface area contributed by atoms with Crippen LogP contribution in [-0.2, 0) is 17.6 Å². The first-order valence-electron chi connectivity index (χ1n) is 8.21. The Bertz CT molecular complexity index is 692. The highest BCUT2D eigenvalue weighted by atomic mass is 16.5. The van der Waals surface area contributed by atoms with E-state index in [0.717, 1.165) is 12.8 Å². The number of aryl methyl sites for hydroxylation is 2. The van der Waals surface area contributed by atoms with Gasteiger partial charge in [0.25, 0.3) is 0 Å². The molecule has 0 unspecified atom stereocenters. The minimum Gasteiger partial charge on any atom is -0.479 e. The van der Waals surface area contributed by atoms with Gasteiger partial charge in [-0.15, -0.1) is 0 Å². The Morgan fingerprint density at radius 3 is 2.64 bits per heavy atom. The van der Waals surface area contributed by atoms with Gasteiger partial charge in [-0.25, -0.2) is 9.78 Å². The Morgan fingerprint density at radius 1 is 1.20 bits per heavy atom. The molecule has 0 aliphatic carbocycles. The first-order chi connectivity index (χ1) is 12.1. The SMILES string of the molecule is Cc1nc(NCCCc2ccccc2)nc(OCC(=O)O)c1CCO. The van der Waals surface area contributed by atoms with E-state index in [1.54, 1.807) is 6.92 Å². The standard InChI is InChI=1S/C18H23N3O4/c1-13-15(9-11-22)17(25-12-16(23)24)21-18(20-13)19-10-5-8-14-6-3-2-4-7-14/h2-4,6-7,22H,5,8-12H2,1H3,(H,23,24)(H,19,20,21). The fourth-order valence-electron chi connectivity index (χ4n) is 2.44. The number of aromatic nitrogens is 2. The van der Waals surface area contributed by atoms with Gasteiger partial charge in [0.05, 0.1) is 0 Å². The van der Waals surface area contributed by atoms with Crippen LogP contribution in [0.2, 0.25) is 0 Å². The molecule has 1 aromatic heterocycles. The van der Waals surface area contributed by atoms with Crippen molar-refractivity contribution in [3.63, 3.8) is 0 Å². The molecule has 0 aliphatic rings. The molecule has 134 valence electrons. The van der Waals surface area contributed by atoms with Gasteiger partial charge >= 0.3 is 5.97 Å². The summed E-state index contributed by atoms with van der Waals surface area (Å²) in [6.07, 6.45) is 2.17. The first kappa shape index (κ1) is 18.7. The van der Waals surface area contributed by atoms with Crippen molar-refractivity contribution in [1.29, 1.82) is 0 Å². The summed E-state index contributed by atoms with van der Waals surface area (Å²) < 4.78 is 5.25. The quantitative estimate of drug-likeness (QED) is 0.564. The first-order valence-corrected chi connectivity index (χ1v) is 8.21. The molecule has 25 heavy (non-hydrogen) atoms. The molecule has 7 nitrogen and oxygen atoms in total. The molecule has 1 aromatic carbocycles. The van der Waals surface area contributed by atoms with Gasteiger partial charge in [-0.3, -0.25) is 0 Å². The van der Waals surface area contributed by atoms with Crippen LogP contribution in [0.5, 0.6) is 5.88 Å². The molecule has 0 spiro atoms. The second-order valence-electron chi connectivity index (χ2n) is 5.59. The number of aliphatic hydroxyl groups is 1. The maximum atomic E-state index is 10.7. The molecule has 0 bridgehead atoms. The average Bonchev–Trinajstić information content (AvgIpc) is 2.60. The van der Waals surface area contributed by atoms with Crippen LogP contribution in [0.15, 0.2) is 30.3 Å². The molecule has 0 aliphatic heterocycles. The number of carboxylic acids is 1. The highest BCUT2D eigenvalue weighted by Crippen LogP contribution is 2.21. The van der Waals surface area contributed by atoms with Crippen molar-refractivity contribution in [3.05, 3.63) is 47.2 Å². The van der Waals surface area contributed by atoms with Gasteiger partial charge in [-0.05, 0) is 25.3 Å². The molecule has 0 atom stereocenters. The van der Waals surface area contributed by atoms with Gasteiger partial charge < -0.3 is 20.3 Å². The zero-order valence-electron chi connectivity index (χ0n) is 14.2. The van der Waals surface area contributed by atoms with Crippen LogP contribution >= 0.6 is 0 Å². The van der Waals surface area contributed by atoms with E-state index in [9.17, 15) is 4.79 Å². The van der Waals surface area contributed by atoms with Crippen LogP contribution in [0.25, 0.3) is 0 Å². The summed E-state index contributed by atoms with van der Waals surface area (Å²) in [7, 11) is 0. The Hall–Kier alpha value is -2.67. The predicted octanol–water partition coefficient (Wildman–Crippen LogP) is 1.83. The van der Waals surface area contributed by atoms with Crippen LogP contribution in [0, 0.1) is 6.92 Å². The summed E-state index contributed by atoms with van der Waals surface area (Å²) in [5, 5.41) is 21.1. The molecule has 3 N–H and O–H groups in total. The summed E-state index contributed by atoms with van der Waals surface area (Å²) in [5.74, 6) is -0.481. The van der Waals surface area contributed by atoms with Crippen molar-refractivity contribution in [2.24, 2.45) is 0 Å². The number of ether oxygens (including phenoxy) is 1. The number of rotatable bonds is 10. The van der Waals surface area contributed by atoms with E-state index < -0.39 is 12.6 Å². The fourth-order valence-corrected chi connectivity index (χ4v) is 2.44. The Labute approximate surface area is 146 Å². The summed E-state index contributed by atoms with van der Waals surface area (Å²) >= 11 is 0. The van der Waals surface area contributed by atoms with Crippen LogP contribution < -0.4 is 10.1 Å². The number of aliphatic carboxylic acids is 1. The number of hydrogen-bond acceptors (Lipinski definition) is 6. The zero-order chi connectivity index (χ0) is 18.1. The van der Waals surface area contributed by atoms with Crippen LogP contribution in [0.4, 0.5) is 5.95 Å². The third kappa shape index (κ3) is 6.04. The largest absolute Gasteiger partial charge is 0.479 e. The molecular formula is C18H23N3O4. The minimum absolute atomic E-state index is 0.0858. The van der Waals surface area contributed by atoms with Crippen LogP contribution in [0.1, 0.15) is 23.2 Å². The summed E-state index contributed by atoms with van der Waals surface area (Å²) in [6, 6.07) is 10.2.